The number of rotatable bonds is 7. The third-order valence-electron chi connectivity index (χ3n) is 4.52. The number of hydrogen-bond acceptors (Lipinski definition) is 2. The second kappa shape index (κ2) is 7.56. The van der Waals surface area contributed by atoms with Crippen LogP contribution in [0.5, 0.6) is 0 Å². The second-order valence-electron chi connectivity index (χ2n) is 6.11. The van der Waals surface area contributed by atoms with Crippen molar-refractivity contribution < 1.29 is 11.6 Å². The topological polar surface area (TPSA) is 20.3 Å². The Morgan fingerprint density at radius 1 is 1.09 bits per heavy atom. The summed E-state index contributed by atoms with van der Waals surface area (Å²) in [6.07, 6.45) is -2.74. The average molecular weight is 314 g/mol. The molecule has 0 aromatic heterocycles. The zero-order chi connectivity index (χ0) is 21.2. The summed E-state index contributed by atoms with van der Waals surface area (Å²) in [5.74, 6) is -0.939. The van der Waals surface area contributed by atoms with Crippen molar-refractivity contribution >= 4 is 5.78 Å². The Hall–Kier alpha value is -1.93. The Labute approximate surface area is 147 Å². The highest BCUT2D eigenvalue weighted by Gasteiger charge is 2.41. The van der Waals surface area contributed by atoms with Crippen molar-refractivity contribution in [3.8, 4) is 0 Å². The van der Waals surface area contributed by atoms with Gasteiger partial charge in [0.25, 0.3) is 0 Å². The van der Waals surface area contributed by atoms with Gasteiger partial charge in [0, 0.05) is 19.3 Å². The molecule has 0 unspecified atom stereocenters. The molecule has 2 aromatic rings. The summed E-state index contributed by atoms with van der Waals surface area (Å²) in [6.45, 7) is -1.13. The van der Waals surface area contributed by atoms with Crippen molar-refractivity contribution in [3.05, 3.63) is 71.8 Å². The van der Waals surface area contributed by atoms with Crippen LogP contribution in [0.2, 0.25) is 0 Å². The molecule has 1 atom stereocenters. The quantitative estimate of drug-likeness (QED) is 0.760. The minimum Gasteiger partial charge on any atom is -0.307 e. The molecule has 0 amide bonds. The monoisotopic (exact) mass is 314 g/mol. The number of carbonyl (C=O) groups excluding carboxylic acids is 1. The minimum atomic E-state index is -3.07. The Bertz CT molecular complexity index is 748. The molecule has 0 fully saturated rings. The first kappa shape index (κ1) is 11.6. The van der Waals surface area contributed by atoms with E-state index in [9.17, 15) is 4.79 Å². The van der Waals surface area contributed by atoms with Crippen molar-refractivity contribution in [2.45, 2.75) is 38.0 Å². The van der Waals surface area contributed by atoms with Gasteiger partial charge in [0.15, 0.2) is 0 Å². The lowest BCUT2D eigenvalue weighted by molar-refractivity contribution is -0.123. The van der Waals surface area contributed by atoms with Crippen molar-refractivity contribution in [1.29, 1.82) is 0 Å². The number of Topliss-reactive ketones (excluding diaryl/α,β-unsaturated/α-hetero) is 1. The first-order valence-electron chi connectivity index (χ1n) is 10.3. The maximum atomic E-state index is 13.7. The predicted molar refractivity (Wildman–Crippen MR) is 96.7 cm³/mol. The largest absolute Gasteiger partial charge is 0.307 e. The normalized spacial score (nSPS) is 17.5. The molecule has 0 aliphatic heterocycles. The van der Waals surface area contributed by atoms with E-state index in [1.165, 1.54) is 0 Å². The highest BCUT2D eigenvalue weighted by Crippen LogP contribution is 2.39. The van der Waals surface area contributed by atoms with Crippen LogP contribution in [0.1, 0.15) is 44.6 Å². The fourth-order valence-corrected chi connectivity index (χ4v) is 2.93. The summed E-state index contributed by atoms with van der Waals surface area (Å²) in [7, 11) is 3.77. The number of hydrogen-bond donors (Lipinski definition) is 0. The van der Waals surface area contributed by atoms with Crippen molar-refractivity contribution in [1.82, 2.24) is 4.90 Å². The smallest absolute Gasteiger partial charge is 0.147 e. The lowest BCUT2D eigenvalue weighted by atomic mass is 9.67. The van der Waals surface area contributed by atoms with Gasteiger partial charge in [-0.1, -0.05) is 67.5 Å². The van der Waals surface area contributed by atoms with E-state index in [4.69, 9.17) is 6.85 Å². The van der Waals surface area contributed by atoms with Gasteiger partial charge in [-0.2, -0.15) is 0 Å². The molecule has 0 spiro atoms. The van der Waals surface area contributed by atoms with Gasteiger partial charge >= 0.3 is 0 Å². The fourth-order valence-electron chi connectivity index (χ4n) is 2.93. The number of nitrogens with zero attached hydrogens (tertiary/aromatic N) is 1. The Morgan fingerprint density at radius 3 is 1.96 bits per heavy atom. The van der Waals surface area contributed by atoms with Crippen LogP contribution in [-0.4, -0.2) is 30.8 Å². The van der Waals surface area contributed by atoms with Gasteiger partial charge < -0.3 is 4.90 Å². The third kappa shape index (κ3) is 3.53. The van der Waals surface area contributed by atoms with Crippen LogP contribution in [0.15, 0.2) is 60.7 Å². The highest BCUT2D eigenvalue weighted by molar-refractivity contribution is 5.93. The molecule has 0 aliphatic carbocycles. The van der Waals surface area contributed by atoms with Crippen LogP contribution >= 0.6 is 0 Å². The number of carbonyl (C=O) groups is 1. The van der Waals surface area contributed by atoms with Crippen molar-refractivity contribution in [2.24, 2.45) is 0 Å². The van der Waals surface area contributed by atoms with Gasteiger partial charge in [0.2, 0.25) is 0 Å². The number of benzene rings is 2. The molecule has 0 heterocycles. The summed E-state index contributed by atoms with van der Waals surface area (Å²) in [4.78, 5) is 15.7. The standard InChI is InChI=1S/C21H27NO/c1-5-20(23)21(16-17(2)22(3)4,18-12-8-6-9-13-18)19-14-10-7-11-15-19/h6-15,17H,5,16H2,1-4H3/t17-/m0/s1/i1D3,5D2. The molecule has 0 radical (unpaired) electrons. The summed E-state index contributed by atoms with van der Waals surface area (Å²) in [6, 6.07) is 17.7. The van der Waals surface area contributed by atoms with Crippen LogP contribution in [0.25, 0.3) is 0 Å². The summed E-state index contributed by atoms with van der Waals surface area (Å²) in [5.41, 5.74) is -0.245. The van der Waals surface area contributed by atoms with Gasteiger partial charge in [-0.05, 0) is 38.6 Å². The molecule has 2 aromatic carbocycles. The van der Waals surface area contributed by atoms with Gasteiger partial charge in [0.05, 0.1) is 5.41 Å². The SMILES string of the molecule is [2H]C([2H])([2H])C([2H])([2H])C(=O)C(C[C@H](C)N(C)C)(c1ccccc1)c1ccccc1. The maximum absolute atomic E-state index is 13.7. The maximum Gasteiger partial charge on any atom is 0.147 e. The van der Waals surface area contributed by atoms with Crippen molar-refractivity contribution in [2.75, 3.05) is 14.1 Å². The molecule has 23 heavy (non-hydrogen) atoms. The second-order valence-corrected chi connectivity index (χ2v) is 6.11. The average Bonchev–Trinajstić information content (AvgIpc) is 2.65. The lowest BCUT2D eigenvalue weighted by Crippen LogP contribution is -2.42. The molecule has 0 N–H and O–H groups in total. The molecule has 2 heteroatoms. The molecule has 2 nitrogen and oxygen atoms in total. The third-order valence-corrected chi connectivity index (χ3v) is 4.52. The molecular weight excluding hydrogens is 282 g/mol. The van der Waals surface area contributed by atoms with E-state index in [1.54, 1.807) is 48.5 Å². The van der Waals surface area contributed by atoms with Gasteiger partial charge in [-0.15, -0.1) is 0 Å². The first-order valence-corrected chi connectivity index (χ1v) is 7.77. The van der Waals surface area contributed by atoms with E-state index >= 15 is 0 Å². The summed E-state index contributed by atoms with van der Waals surface area (Å²) >= 11 is 0. The fraction of sp³-hybridized carbons (Fsp3) is 0.381. The van der Waals surface area contributed by atoms with Crippen LogP contribution in [-0.2, 0) is 10.2 Å². The minimum absolute atomic E-state index is 0.100. The molecule has 2 rings (SSSR count). The van der Waals surface area contributed by atoms with Gasteiger partial charge in [0.1, 0.15) is 5.78 Å². The number of ketones is 1. The Morgan fingerprint density at radius 2 is 1.57 bits per heavy atom. The summed E-state index contributed by atoms with van der Waals surface area (Å²) in [5, 5.41) is 0. The molecular formula is C21H27NO. The molecule has 0 saturated heterocycles. The Balaban J connectivity index is 2.83. The highest BCUT2D eigenvalue weighted by atomic mass is 16.1. The van der Waals surface area contributed by atoms with E-state index in [-0.39, 0.29) is 12.5 Å². The van der Waals surface area contributed by atoms with E-state index in [0.717, 1.165) is 0 Å². The van der Waals surface area contributed by atoms with Crippen LogP contribution < -0.4 is 0 Å². The molecule has 0 aliphatic rings. The lowest BCUT2D eigenvalue weighted by Gasteiger charge is -2.37. The molecule has 0 saturated carbocycles. The zero-order valence-electron chi connectivity index (χ0n) is 18.9. The van der Waals surface area contributed by atoms with E-state index in [0.29, 0.717) is 11.1 Å². The van der Waals surface area contributed by atoms with Crippen molar-refractivity contribution in [3.63, 3.8) is 0 Å². The van der Waals surface area contributed by atoms with E-state index < -0.39 is 24.4 Å². The van der Waals surface area contributed by atoms with Gasteiger partial charge in [-0.3, -0.25) is 4.79 Å². The first-order chi connectivity index (χ1) is 12.9. The summed E-state index contributed by atoms with van der Waals surface area (Å²) < 4.78 is 39.5. The van der Waals surface area contributed by atoms with Crippen LogP contribution in [0, 0.1) is 0 Å². The predicted octanol–water partition coefficient (Wildman–Crippen LogP) is 4.29. The van der Waals surface area contributed by atoms with E-state index in [2.05, 4.69) is 0 Å². The Kier molecular flexibility index (Phi) is 3.81. The zero-order valence-corrected chi connectivity index (χ0v) is 13.9. The van der Waals surface area contributed by atoms with Crippen LogP contribution in [0.3, 0.4) is 0 Å². The molecule has 122 valence electrons. The van der Waals surface area contributed by atoms with Crippen LogP contribution in [0.4, 0.5) is 0 Å². The molecule has 0 bridgehead atoms. The van der Waals surface area contributed by atoms with E-state index in [1.807, 2.05) is 38.1 Å². The van der Waals surface area contributed by atoms with Gasteiger partial charge in [-0.25, -0.2) is 0 Å².